The molecular formula is C56H58N8O8. The molecule has 16 heteroatoms. The van der Waals surface area contributed by atoms with Gasteiger partial charge in [-0.25, -0.2) is 0 Å². The molecule has 2 N–H and O–H groups in total. The van der Waals surface area contributed by atoms with E-state index in [1.165, 1.54) is 24.3 Å². The lowest BCUT2D eigenvalue weighted by atomic mass is 9.79. The Labute approximate surface area is 417 Å². The van der Waals surface area contributed by atoms with Crippen molar-refractivity contribution in [2.45, 2.75) is 117 Å². The summed E-state index contributed by atoms with van der Waals surface area (Å²) in [4.78, 5) is 83.4. The van der Waals surface area contributed by atoms with Gasteiger partial charge in [0.25, 0.3) is 11.8 Å². The summed E-state index contributed by atoms with van der Waals surface area (Å²) < 4.78 is 16.7. The SMILES string of the molecule is CC(C)(C)c1cc2c3c(c1)CC1=CC(=O)C=C(Cc4cc(C(C)(C)C)cc(c4OCc4cn(nn4)CCCNC(=O)c4cccc(c4)C(=O)NCCCn4cc(nn4)CO3)CC3=CC(=O)C=C(C2)C3=O)C1=O. The summed E-state index contributed by atoms with van der Waals surface area (Å²) in [5, 5.41) is 23.2. The van der Waals surface area contributed by atoms with Crippen molar-refractivity contribution in [1.29, 1.82) is 0 Å². The number of Topliss-reactive ketones (excluding diaryl/α,β-unsaturated/α-hetero) is 2. The lowest BCUT2D eigenvalue weighted by Gasteiger charge is -2.27. The van der Waals surface area contributed by atoms with E-state index in [0.29, 0.717) is 95.3 Å². The molecule has 2 aromatic heterocycles. The highest BCUT2D eigenvalue weighted by Crippen LogP contribution is 2.40. The number of benzene rings is 3. The largest absolute Gasteiger partial charge is 0.487 e. The van der Waals surface area contributed by atoms with Crippen LogP contribution < -0.4 is 20.1 Å². The highest BCUT2D eigenvalue weighted by Gasteiger charge is 2.32. The van der Waals surface area contributed by atoms with Crippen LogP contribution in [0, 0.1) is 0 Å². The first-order valence-electron chi connectivity index (χ1n) is 24.4. The van der Waals surface area contributed by atoms with E-state index >= 15 is 0 Å². The van der Waals surface area contributed by atoms with Gasteiger partial charge in [0.05, 0.1) is 12.4 Å². The topological polar surface area (TPSA) is 206 Å². The second kappa shape index (κ2) is 20.1. The molecule has 16 nitrogen and oxygen atoms in total. The van der Waals surface area contributed by atoms with E-state index in [1.54, 1.807) is 46.0 Å². The van der Waals surface area contributed by atoms with Gasteiger partial charge in [0.15, 0.2) is 23.1 Å². The molecule has 2 amide bonds. The third kappa shape index (κ3) is 11.2. The first kappa shape index (κ1) is 49.1. The number of ether oxygens (including phenoxy) is 2. The number of carbonyl (C=O) groups is 6. The predicted octanol–water partition coefficient (Wildman–Crippen LogP) is 6.47. The van der Waals surface area contributed by atoms with Gasteiger partial charge < -0.3 is 20.1 Å². The molecule has 3 aliphatic carbocycles. The van der Waals surface area contributed by atoms with Gasteiger partial charge in [-0.1, -0.05) is 82.3 Å². The highest BCUT2D eigenvalue weighted by atomic mass is 16.5. The molecule has 0 radical (unpaired) electrons. The van der Waals surface area contributed by atoms with Crippen LogP contribution in [0.4, 0.5) is 0 Å². The number of aryl methyl sites for hydroxylation is 2. The van der Waals surface area contributed by atoms with Crippen molar-refractivity contribution >= 4 is 34.9 Å². The third-order valence-electron chi connectivity index (χ3n) is 13.2. The number of allylic oxidation sites excluding steroid dienone is 8. The number of hydrogen-bond acceptors (Lipinski definition) is 12. The number of ketones is 4. The highest BCUT2D eigenvalue weighted by molar-refractivity contribution is 6.21. The van der Waals surface area contributed by atoms with Gasteiger partial charge in [-0.15, -0.1) is 10.2 Å². The Kier molecular flexibility index (Phi) is 13.7. The lowest BCUT2D eigenvalue weighted by molar-refractivity contribution is -0.115. The van der Waals surface area contributed by atoms with Crippen molar-refractivity contribution in [2.24, 2.45) is 0 Å². The third-order valence-corrected chi connectivity index (χ3v) is 13.2. The van der Waals surface area contributed by atoms with Crippen LogP contribution >= 0.6 is 0 Å². The number of aromatic nitrogens is 6. The van der Waals surface area contributed by atoms with E-state index in [9.17, 15) is 28.8 Å². The van der Waals surface area contributed by atoms with Crippen LogP contribution in [0.2, 0.25) is 0 Å². The lowest BCUT2D eigenvalue weighted by Crippen LogP contribution is -2.27. The molecule has 0 fully saturated rings. The van der Waals surface area contributed by atoms with Gasteiger partial charge >= 0.3 is 0 Å². The Morgan fingerprint density at radius 1 is 0.514 bits per heavy atom. The van der Waals surface area contributed by atoms with E-state index in [2.05, 4.69) is 72.8 Å². The fourth-order valence-corrected chi connectivity index (χ4v) is 9.27. The fraction of sp³-hybridized carbons (Fsp3) is 0.357. The molecule has 0 spiro atoms. The maximum absolute atomic E-state index is 14.8. The summed E-state index contributed by atoms with van der Waals surface area (Å²) in [7, 11) is 0. The minimum Gasteiger partial charge on any atom is -0.487 e. The van der Waals surface area contributed by atoms with Crippen LogP contribution in [0.1, 0.15) is 120 Å². The van der Waals surface area contributed by atoms with Crippen LogP contribution in [0.3, 0.4) is 0 Å². The molecular weight excluding hydrogens is 913 g/mol. The van der Waals surface area contributed by atoms with E-state index in [0.717, 1.165) is 11.1 Å². The molecule has 0 unspecified atom stereocenters. The molecule has 2 aliphatic heterocycles. The van der Waals surface area contributed by atoms with Gasteiger partial charge in [0.2, 0.25) is 0 Å². The fourth-order valence-electron chi connectivity index (χ4n) is 9.27. The van der Waals surface area contributed by atoms with E-state index < -0.39 is 10.8 Å². The molecule has 10 rings (SSSR count). The number of fused-ring (bicyclic) bond motifs is 10. The second-order valence-electron chi connectivity index (χ2n) is 20.9. The van der Waals surface area contributed by atoms with E-state index in [1.807, 2.05) is 24.3 Å². The summed E-state index contributed by atoms with van der Waals surface area (Å²) in [5.41, 5.74) is 6.35. The molecule has 4 heterocycles. The molecule has 0 saturated carbocycles. The average Bonchev–Trinajstić information content (AvgIpc) is 3.99. The maximum atomic E-state index is 14.8. The number of carbonyl (C=O) groups excluding carboxylic acids is 6. The zero-order valence-electron chi connectivity index (χ0n) is 41.5. The molecule has 5 aliphatic rings. The maximum Gasteiger partial charge on any atom is 0.251 e. The Hall–Kier alpha value is -7.88. The van der Waals surface area contributed by atoms with Crippen LogP contribution in [0.15, 0.2) is 108 Å². The average molecular weight is 971 g/mol. The van der Waals surface area contributed by atoms with Gasteiger partial charge in [0, 0.05) is 85.3 Å². The van der Waals surface area contributed by atoms with Crippen molar-refractivity contribution in [1.82, 2.24) is 40.6 Å². The van der Waals surface area contributed by atoms with Crippen LogP contribution in [-0.4, -0.2) is 78.0 Å². The van der Waals surface area contributed by atoms with Gasteiger partial charge in [-0.05, 0) is 99.6 Å². The Morgan fingerprint density at radius 3 is 1.22 bits per heavy atom. The number of rotatable bonds is 0. The molecule has 370 valence electrons. The Bertz CT molecular complexity index is 2880. The summed E-state index contributed by atoms with van der Waals surface area (Å²) in [6.45, 7) is 13.8. The zero-order chi connectivity index (χ0) is 50.9. The van der Waals surface area contributed by atoms with Gasteiger partial charge in [0.1, 0.15) is 36.1 Å². The van der Waals surface area contributed by atoms with Crippen molar-refractivity contribution in [3.05, 3.63) is 163 Å². The summed E-state index contributed by atoms with van der Waals surface area (Å²) in [5.74, 6) is -1.04. The standard InChI is InChI=1S/C56H58N8O8/c1-55(2,3)43-21-39-17-35-25-47(65)27-37(49(35)67)19-41-23-44(56(4,5)6)24-42-20-38-28-48(66)26-36(50(38)68)18-40(22-43)51(39)71-31-45-29-63(61-59-45)14-8-12-57-53(69)33-10-7-11-34(16-33)54(70)58-13-9-15-64-30-46(60-62-64)32-72-52(41)42/h7,10-11,16,21-30H,8-9,12-15,17-20,31-32H2,1-6H3,(H,57,69)(H,58,70). The first-order chi connectivity index (χ1) is 34.3. The van der Waals surface area contributed by atoms with Gasteiger partial charge in [-0.3, -0.25) is 38.1 Å². The van der Waals surface area contributed by atoms with Crippen molar-refractivity contribution < 1.29 is 38.2 Å². The van der Waals surface area contributed by atoms with Crippen LogP contribution in [0.25, 0.3) is 0 Å². The molecule has 0 saturated heterocycles. The zero-order valence-corrected chi connectivity index (χ0v) is 41.5. The summed E-state index contributed by atoms with van der Waals surface area (Å²) >= 11 is 0. The molecule has 16 bridgehead atoms. The molecule has 3 aromatic carbocycles. The normalized spacial score (nSPS) is 17.6. The quantitative estimate of drug-likeness (QED) is 0.160. The van der Waals surface area contributed by atoms with Crippen LogP contribution in [-0.2, 0) is 82.0 Å². The number of nitrogens with one attached hydrogen (secondary N) is 2. The number of hydrogen-bond donors (Lipinski definition) is 2. The van der Waals surface area contributed by atoms with Crippen molar-refractivity contribution in [3.63, 3.8) is 0 Å². The smallest absolute Gasteiger partial charge is 0.251 e. The minimum atomic E-state index is -0.393. The summed E-state index contributed by atoms with van der Waals surface area (Å²) in [6, 6.07) is 14.5. The monoisotopic (exact) mass is 970 g/mol. The molecule has 72 heavy (non-hydrogen) atoms. The van der Waals surface area contributed by atoms with E-state index in [4.69, 9.17) is 9.47 Å². The van der Waals surface area contributed by atoms with Crippen molar-refractivity contribution in [3.8, 4) is 11.5 Å². The number of nitrogens with zero attached hydrogens (tertiary/aromatic N) is 6. The summed E-state index contributed by atoms with van der Waals surface area (Å²) in [6.07, 6.45) is 10.2. The van der Waals surface area contributed by atoms with Crippen molar-refractivity contribution in [2.75, 3.05) is 13.1 Å². The van der Waals surface area contributed by atoms with Crippen LogP contribution in [0.5, 0.6) is 11.5 Å². The van der Waals surface area contributed by atoms with Gasteiger partial charge in [-0.2, -0.15) is 0 Å². The Balaban J connectivity index is 1.15. The minimum absolute atomic E-state index is 0.0342. The Morgan fingerprint density at radius 2 is 0.875 bits per heavy atom. The first-order valence-corrected chi connectivity index (χ1v) is 24.4. The number of amides is 2. The molecule has 0 atom stereocenters. The predicted molar refractivity (Wildman–Crippen MR) is 267 cm³/mol. The van der Waals surface area contributed by atoms with E-state index in [-0.39, 0.29) is 96.1 Å². The molecule has 5 aromatic rings. The second-order valence-corrected chi connectivity index (χ2v) is 20.9.